The van der Waals surface area contributed by atoms with Crippen molar-refractivity contribution in [3.8, 4) is 10.6 Å². The second-order valence-corrected chi connectivity index (χ2v) is 8.77. The molecule has 1 aliphatic heterocycles. The molecule has 4 heterocycles. The normalized spacial score (nSPS) is 15.4. The lowest BCUT2D eigenvalue weighted by atomic mass is 10.1. The first-order chi connectivity index (χ1) is 14.1. The number of hydrogen-bond acceptors (Lipinski definition) is 4. The van der Waals surface area contributed by atoms with Crippen LogP contribution in [0.1, 0.15) is 41.0 Å². The number of carbonyl (C=O) groups excluding carboxylic acids is 1. The minimum absolute atomic E-state index is 0.0815. The number of ketones is 1. The van der Waals surface area contributed by atoms with Crippen LogP contribution in [-0.4, -0.2) is 21.7 Å². The molecule has 146 valence electrons. The molecule has 0 saturated carbocycles. The van der Waals surface area contributed by atoms with Crippen LogP contribution >= 0.6 is 22.9 Å². The number of halogens is 1. The maximum absolute atomic E-state index is 12.9. The number of anilines is 1. The zero-order valence-corrected chi connectivity index (χ0v) is 17.6. The number of imidazole rings is 1. The summed E-state index contributed by atoms with van der Waals surface area (Å²) in [7, 11) is 0. The number of benzene rings is 1. The molecule has 1 aliphatic rings. The summed E-state index contributed by atoms with van der Waals surface area (Å²) < 4.78 is 2.07. The molecule has 0 saturated heterocycles. The van der Waals surface area contributed by atoms with Gasteiger partial charge >= 0.3 is 0 Å². The van der Waals surface area contributed by atoms with Crippen molar-refractivity contribution in [2.24, 2.45) is 0 Å². The number of hydrogen-bond donors (Lipinski definition) is 0. The Hall–Kier alpha value is -2.63. The molecule has 1 atom stereocenters. The van der Waals surface area contributed by atoms with Gasteiger partial charge in [0, 0.05) is 24.2 Å². The molecule has 0 amide bonds. The fourth-order valence-electron chi connectivity index (χ4n) is 4.06. The number of carbonyl (C=O) groups is 1. The van der Waals surface area contributed by atoms with Crippen LogP contribution in [0.3, 0.4) is 0 Å². The van der Waals surface area contributed by atoms with E-state index in [0.29, 0.717) is 6.42 Å². The smallest absolute Gasteiger partial charge is 0.174 e. The lowest BCUT2D eigenvalue weighted by Gasteiger charge is -2.31. The molecular formula is C23H20ClN3OS. The fourth-order valence-corrected chi connectivity index (χ4v) is 5.50. The Morgan fingerprint density at radius 3 is 2.86 bits per heavy atom. The Morgan fingerprint density at radius 1 is 1.17 bits per heavy atom. The van der Waals surface area contributed by atoms with Crippen molar-refractivity contribution < 1.29 is 4.79 Å². The zero-order chi connectivity index (χ0) is 20.0. The Balaban J connectivity index is 1.62. The van der Waals surface area contributed by atoms with E-state index in [-0.39, 0.29) is 11.8 Å². The third-order valence-electron chi connectivity index (χ3n) is 5.57. The summed E-state index contributed by atoms with van der Waals surface area (Å²) in [5.41, 5.74) is 4.00. The minimum Gasteiger partial charge on any atom is -0.363 e. The van der Waals surface area contributed by atoms with Crippen molar-refractivity contribution in [3.63, 3.8) is 0 Å². The first-order valence-electron chi connectivity index (χ1n) is 9.74. The summed E-state index contributed by atoms with van der Waals surface area (Å²) in [6.45, 7) is 2.99. The molecule has 5 rings (SSSR count). The molecule has 0 radical (unpaired) electrons. The van der Waals surface area contributed by atoms with Gasteiger partial charge in [0.15, 0.2) is 5.78 Å². The van der Waals surface area contributed by atoms with Gasteiger partial charge < -0.3 is 4.90 Å². The van der Waals surface area contributed by atoms with Gasteiger partial charge in [-0.1, -0.05) is 35.9 Å². The highest BCUT2D eigenvalue weighted by Gasteiger charge is 2.29. The standard InChI is InChI=1S/C23H20ClN3OS/c1-15(16-7-2-3-8-17(16)24)26-12-6-9-20(28)23-18(26)13-21(29-23)19-14-25-22-10-4-5-11-27(19)22/h2-5,7-8,10-11,13-15H,6,9,12H2,1H3. The highest BCUT2D eigenvalue weighted by Crippen LogP contribution is 2.43. The van der Waals surface area contributed by atoms with E-state index in [1.165, 1.54) is 0 Å². The van der Waals surface area contributed by atoms with Gasteiger partial charge in [0.2, 0.25) is 0 Å². The monoisotopic (exact) mass is 421 g/mol. The largest absolute Gasteiger partial charge is 0.363 e. The Bertz CT molecular complexity index is 1210. The van der Waals surface area contributed by atoms with E-state index in [2.05, 4.69) is 33.3 Å². The van der Waals surface area contributed by atoms with Gasteiger partial charge in [-0.15, -0.1) is 11.3 Å². The van der Waals surface area contributed by atoms with Gasteiger partial charge in [0.05, 0.1) is 33.4 Å². The molecule has 29 heavy (non-hydrogen) atoms. The number of fused-ring (bicyclic) bond motifs is 2. The van der Waals surface area contributed by atoms with Crippen molar-refractivity contribution in [3.05, 3.63) is 76.4 Å². The van der Waals surface area contributed by atoms with Crippen LogP contribution in [0.15, 0.2) is 60.9 Å². The van der Waals surface area contributed by atoms with E-state index in [0.717, 1.165) is 50.3 Å². The van der Waals surface area contributed by atoms with Crippen LogP contribution in [0.5, 0.6) is 0 Å². The molecule has 0 spiro atoms. The fraction of sp³-hybridized carbons (Fsp3) is 0.217. The number of Topliss-reactive ketones (excluding diaryl/α,β-unsaturated/α-hetero) is 1. The first kappa shape index (κ1) is 18.4. The Labute approximate surface area is 178 Å². The topological polar surface area (TPSA) is 37.6 Å². The molecule has 0 fully saturated rings. The van der Waals surface area contributed by atoms with Gasteiger partial charge in [-0.05, 0) is 43.2 Å². The van der Waals surface area contributed by atoms with Crippen LogP contribution in [0.25, 0.3) is 16.2 Å². The van der Waals surface area contributed by atoms with E-state index in [9.17, 15) is 4.79 Å². The SMILES string of the molecule is CC(c1ccccc1Cl)N1CCCC(=O)c2sc(-c3cnc4ccccn34)cc21. The van der Waals surface area contributed by atoms with Crippen LogP contribution in [0.2, 0.25) is 5.02 Å². The van der Waals surface area contributed by atoms with E-state index in [1.54, 1.807) is 11.3 Å². The quantitative estimate of drug-likeness (QED) is 0.391. The molecule has 0 N–H and O–H groups in total. The van der Waals surface area contributed by atoms with Gasteiger partial charge in [-0.3, -0.25) is 9.20 Å². The van der Waals surface area contributed by atoms with Crippen molar-refractivity contribution in [1.29, 1.82) is 0 Å². The predicted molar refractivity (Wildman–Crippen MR) is 119 cm³/mol. The second kappa shape index (κ2) is 7.32. The van der Waals surface area contributed by atoms with Gasteiger partial charge in [0.1, 0.15) is 5.65 Å². The number of aromatic nitrogens is 2. The van der Waals surface area contributed by atoms with Gasteiger partial charge in [0.25, 0.3) is 0 Å². The molecule has 0 bridgehead atoms. The number of nitrogens with zero attached hydrogens (tertiary/aromatic N) is 3. The van der Waals surface area contributed by atoms with Crippen molar-refractivity contribution in [1.82, 2.24) is 9.38 Å². The van der Waals surface area contributed by atoms with E-state index in [1.807, 2.05) is 48.8 Å². The van der Waals surface area contributed by atoms with E-state index in [4.69, 9.17) is 11.6 Å². The third-order valence-corrected chi connectivity index (χ3v) is 7.10. The van der Waals surface area contributed by atoms with Crippen LogP contribution in [-0.2, 0) is 0 Å². The van der Waals surface area contributed by atoms with Crippen LogP contribution < -0.4 is 4.90 Å². The third kappa shape index (κ3) is 3.15. The molecular weight excluding hydrogens is 402 g/mol. The first-order valence-corrected chi connectivity index (χ1v) is 10.9. The number of pyridine rings is 1. The lowest BCUT2D eigenvalue weighted by Crippen LogP contribution is -2.27. The molecule has 6 heteroatoms. The second-order valence-electron chi connectivity index (χ2n) is 7.31. The zero-order valence-electron chi connectivity index (χ0n) is 16.0. The van der Waals surface area contributed by atoms with Crippen LogP contribution in [0, 0.1) is 0 Å². The maximum atomic E-state index is 12.9. The van der Waals surface area contributed by atoms with Gasteiger partial charge in [-0.2, -0.15) is 0 Å². The number of rotatable bonds is 3. The molecule has 3 aromatic heterocycles. The summed E-state index contributed by atoms with van der Waals surface area (Å²) in [5, 5.41) is 0.759. The van der Waals surface area contributed by atoms with Crippen molar-refractivity contribution in [2.75, 3.05) is 11.4 Å². The summed E-state index contributed by atoms with van der Waals surface area (Å²) in [6, 6.07) is 16.1. The highest BCUT2D eigenvalue weighted by atomic mass is 35.5. The Morgan fingerprint density at radius 2 is 2.00 bits per heavy atom. The van der Waals surface area contributed by atoms with E-state index < -0.39 is 0 Å². The average molecular weight is 422 g/mol. The summed E-state index contributed by atoms with van der Waals surface area (Å²) in [5.74, 6) is 0.221. The predicted octanol–water partition coefficient (Wildman–Crippen LogP) is 6.26. The van der Waals surface area contributed by atoms with Crippen molar-refractivity contribution in [2.45, 2.75) is 25.8 Å². The van der Waals surface area contributed by atoms with Crippen LogP contribution in [0.4, 0.5) is 5.69 Å². The summed E-state index contributed by atoms with van der Waals surface area (Å²) in [4.78, 5) is 21.6. The molecule has 4 nitrogen and oxygen atoms in total. The molecule has 4 aromatic rings. The van der Waals surface area contributed by atoms with Gasteiger partial charge in [-0.25, -0.2) is 4.98 Å². The summed E-state index contributed by atoms with van der Waals surface area (Å²) in [6.07, 6.45) is 5.31. The summed E-state index contributed by atoms with van der Waals surface area (Å²) >= 11 is 8.05. The highest BCUT2D eigenvalue weighted by molar-refractivity contribution is 7.18. The number of thiophene rings is 1. The molecule has 1 aromatic carbocycles. The minimum atomic E-state index is 0.0815. The maximum Gasteiger partial charge on any atom is 0.174 e. The molecule has 0 aliphatic carbocycles. The lowest BCUT2D eigenvalue weighted by molar-refractivity contribution is 0.0987. The Kier molecular flexibility index (Phi) is 4.64. The average Bonchev–Trinajstić information content (AvgIpc) is 3.32. The van der Waals surface area contributed by atoms with Crippen molar-refractivity contribution >= 4 is 40.1 Å². The molecule has 1 unspecified atom stereocenters. The van der Waals surface area contributed by atoms with E-state index >= 15 is 0 Å².